The summed E-state index contributed by atoms with van der Waals surface area (Å²) in [4.78, 5) is 0. The Morgan fingerprint density at radius 3 is 2.38 bits per heavy atom. The number of hydrogen-bond acceptors (Lipinski definition) is 1. The number of benzene rings is 1. The average Bonchev–Trinajstić information content (AvgIpc) is 2.61. The average molecular weight is 322 g/mol. The van der Waals surface area contributed by atoms with E-state index >= 15 is 0 Å². The third kappa shape index (κ3) is 6.67. The van der Waals surface area contributed by atoms with Crippen molar-refractivity contribution in [3.63, 3.8) is 0 Å². The quantitative estimate of drug-likeness (QED) is 0.561. The Morgan fingerprint density at radius 1 is 1.00 bits per heavy atom. The van der Waals surface area contributed by atoms with Gasteiger partial charge in [-0.1, -0.05) is 49.8 Å². The van der Waals surface area contributed by atoms with Gasteiger partial charge >= 0.3 is 0 Å². The molecule has 128 valence electrons. The molecule has 0 aromatic heterocycles. The first-order chi connectivity index (χ1) is 11.8. The van der Waals surface area contributed by atoms with Crippen molar-refractivity contribution in [2.45, 2.75) is 52.4 Å². The fourth-order valence-corrected chi connectivity index (χ4v) is 3.34. The van der Waals surface area contributed by atoms with Crippen LogP contribution >= 0.6 is 0 Å². The minimum atomic E-state index is 0.702. The van der Waals surface area contributed by atoms with Crippen LogP contribution in [0.4, 0.5) is 0 Å². The van der Waals surface area contributed by atoms with Crippen molar-refractivity contribution < 1.29 is 4.74 Å². The van der Waals surface area contributed by atoms with Crippen LogP contribution in [0.1, 0.15) is 57.9 Å². The molecule has 1 nitrogen and oxygen atoms in total. The molecule has 2 rings (SSSR count). The van der Waals surface area contributed by atoms with Crippen LogP contribution in [0, 0.1) is 23.7 Å². The highest BCUT2D eigenvalue weighted by atomic mass is 16.5. The van der Waals surface area contributed by atoms with Crippen molar-refractivity contribution >= 4 is 6.08 Å². The maximum absolute atomic E-state index is 5.43. The van der Waals surface area contributed by atoms with Gasteiger partial charge in [0.05, 0.1) is 6.61 Å². The first-order valence-electron chi connectivity index (χ1n) is 9.39. The summed E-state index contributed by atoms with van der Waals surface area (Å²) in [6, 6.07) is 8.08. The largest absolute Gasteiger partial charge is 0.494 e. The summed E-state index contributed by atoms with van der Waals surface area (Å²) in [5.74, 6) is 8.85. The van der Waals surface area contributed by atoms with Crippen LogP contribution < -0.4 is 4.74 Å². The van der Waals surface area contributed by atoms with E-state index in [1.54, 1.807) is 0 Å². The lowest BCUT2D eigenvalue weighted by Crippen LogP contribution is -2.12. The highest BCUT2D eigenvalue weighted by molar-refractivity contribution is 5.54. The number of ether oxygens (including phenoxy) is 1. The van der Waals surface area contributed by atoms with E-state index in [4.69, 9.17) is 4.74 Å². The lowest BCUT2D eigenvalue weighted by Gasteiger charge is -2.26. The van der Waals surface area contributed by atoms with Crippen LogP contribution in [0.2, 0.25) is 0 Å². The predicted octanol–water partition coefficient (Wildman–Crippen LogP) is 6.26. The molecule has 0 aliphatic heterocycles. The highest BCUT2D eigenvalue weighted by Crippen LogP contribution is 2.31. The third-order valence-corrected chi connectivity index (χ3v) is 4.67. The van der Waals surface area contributed by atoms with E-state index in [0.29, 0.717) is 6.61 Å². The highest BCUT2D eigenvalue weighted by Gasteiger charge is 2.18. The Morgan fingerprint density at radius 2 is 1.71 bits per heavy atom. The third-order valence-electron chi connectivity index (χ3n) is 4.67. The second-order valence-corrected chi connectivity index (χ2v) is 6.55. The molecule has 0 saturated heterocycles. The van der Waals surface area contributed by atoms with Crippen LogP contribution in [-0.4, -0.2) is 6.61 Å². The summed E-state index contributed by atoms with van der Waals surface area (Å²) >= 11 is 0. The van der Waals surface area contributed by atoms with Gasteiger partial charge in [-0.3, -0.25) is 0 Å². The number of rotatable bonds is 6. The molecule has 1 fully saturated rings. The zero-order valence-electron chi connectivity index (χ0n) is 15.1. The Hall–Kier alpha value is -1.94. The normalized spacial score (nSPS) is 20.9. The minimum Gasteiger partial charge on any atom is -0.494 e. The zero-order chi connectivity index (χ0) is 17.0. The predicted molar refractivity (Wildman–Crippen MR) is 104 cm³/mol. The van der Waals surface area contributed by atoms with Gasteiger partial charge in [0.15, 0.2) is 0 Å². The molecule has 1 aromatic carbocycles. The molecule has 0 amide bonds. The number of hydrogen-bond donors (Lipinski definition) is 0. The summed E-state index contributed by atoms with van der Waals surface area (Å²) < 4.78 is 5.43. The Kier molecular flexibility index (Phi) is 8.25. The Bertz CT molecular complexity index is 575. The van der Waals surface area contributed by atoms with Crippen LogP contribution in [-0.2, 0) is 0 Å². The van der Waals surface area contributed by atoms with Crippen molar-refractivity contribution in [2.75, 3.05) is 6.61 Å². The fraction of sp³-hybridized carbons (Fsp3) is 0.478. The maximum atomic E-state index is 5.43. The van der Waals surface area contributed by atoms with E-state index in [2.05, 4.69) is 24.8 Å². The standard InChI is InChI=1S/C23H30O/c1-3-9-20-12-14-21(15-13-20)10-7-5-6-8-11-22-16-18-23(19-17-22)24-4-2/h7-8,10-11,16-21H,3-4,9,12-15H2,1-2H3/b10-7+,11-8+. The molecule has 0 heterocycles. The molecule has 1 aromatic rings. The molecule has 0 spiro atoms. The first-order valence-corrected chi connectivity index (χ1v) is 9.39. The molecule has 0 atom stereocenters. The Balaban J connectivity index is 1.73. The van der Waals surface area contributed by atoms with Crippen LogP contribution in [0.5, 0.6) is 5.75 Å². The van der Waals surface area contributed by atoms with Crippen LogP contribution in [0.3, 0.4) is 0 Å². The van der Waals surface area contributed by atoms with Crippen LogP contribution in [0.15, 0.2) is 42.5 Å². The van der Waals surface area contributed by atoms with E-state index < -0.39 is 0 Å². The summed E-state index contributed by atoms with van der Waals surface area (Å²) in [6.45, 7) is 4.99. The molecule has 1 aliphatic rings. The minimum absolute atomic E-state index is 0.702. The van der Waals surface area contributed by atoms with E-state index in [1.807, 2.05) is 49.4 Å². The molecule has 0 unspecified atom stereocenters. The van der Waals surface area contributed by atoms with Gasteiger partial charge in [-0.05, 0) is 80.4 Å². The van der Waals surface area contributed by atoms with E-state index in [-0.39, 0.29) is 0 Å². The van der Waals surface area contributed by atoms with E-state index in [1.165, 1.54) is 38.5 Å². The zero-order valence-corrected chi connectivity index (χ0v) is 15.1. The van der Waals surface area contributed by atoms with E-state index in [0.717, 1.165) is 23.1 Å². The molecule has 1 heteroatoms. The summed E-state index contributed by atoms with van der Waals surface area (Å²) in [5.41, 5.74) is 1.14. The van der Waals surface area contributed by atoms with Gasteiger partial charge in [-0.2, -0.15) is 0 Å². The van der Waals surface area contributed by atoms with Crippen molar-refractivity contribution in [1.29, 1.82) is 0 Å². The molecular formula is C23H30O. The van der Waals surface area contributed by atoms with E-state index in [9.17, 15) is 0 Å². The second-order valence-electron chi connectivity index (χ2n) is 6.55. The second kappa shape index (κ2) is 10.8. The topological polar surface area (TPSA) is 9.23 Å². The Labute approximate surface area is 147 Å². The fourth-order valence-electron chi connectivity index (χ4n) is 3.34. The lowest BCUT2D eigenvalue weighted by molar-refractivity contribution is 0.294. The summed E-state index contributed by atoms with van der Waals surface area (Å²) in [6.07, 6.45) is 16.5. The summed E-state index contributed by atoms with van der Waals surface area (Å²) in [7, 11) is 0. The summed E-state index contributed by atoms with van der Waals surface area (Å²) in [5, 5.41) is 0. The van der Waals surface area contributed by atoms with Gasteiger partial charge in [0.25, 0.3) is 0 Å². The van der Waals surface area contributed by atoms with Crippen molar-refractivity contribution in [3.05, 3.63) is 48.1 Å². The van der Waals surface area contributed by atoms with Crippen molar-refractivity contribution in [1.82, 2.24) is 0 Å². The van der Waals surface area contributed by atoms with Gasteiger partial charge in [-0.15, -0.1) is 0 Å². The van der Waals surface area contributed by atoms with Gasteiger partial charge in [-0.25, -0.2) is 0 Å². The van der Waals surface area contributed by atoms with Crippen LogP contribution in [0.25, 0.3) is 6.08 Å². The number of allylic oxidation sites excluding steroid dienone is 3. The van der Waals surface area contributed by atoms with Crippen molar-refractivity contribution in [3.8, 4) is 17.6 Å². The molecule has 1 aliphatic carbocycles. The molecular weight excluding hydrogens is 292 g/mol. The SMILES string of the molecule is CCCC1CCC(/C=C/C#C/C=C/c2ccc(OCC)cc2)CC1. The van der Waals surface area contributed by atoms with Gasteiger partial charge in [0, 0.05) is 0 Å². The molecule has 1 saturated carbocycles. The monoisotopic (exact) mass is 322 g/mol. The van der Waals surface area contributed by atoms with Gasteiger partial charge in [0.2, 0.25) is 0 Å². The molecule has 24 heavy (non-hydrogen) atoms. The molecule has 0 bridgehead atoms. The van der Waals surface area contributed by atoms with Crippen molar-refractivity contribution in [2.24, 2.45) is 11.8 Å². The molecule has 0 radical (unpaired) electrons. The van der Waals surface area contributed by atoms with Gasteiger partial charge in [0.1, 0.15) is 5.75 Å². The van der Waals surface area contributed by atoms with Gasteiger partial charge < -0.3 is 4.74 Å². The molecule has 0 N–H and O–H groups in total. The smallest absolute Gasteiger partial charge is 0.119 e. The lowest BCUT2D eigenvalue weighted by atomic mass is 9.80. The maximum Gasteiger partial charge on any atom is 0.119 e. The first kappa shape index (κ1) is 18.4.